The number of hydrogen-bond donors (Lipinski definition) is 1. The van der Waals surface area contributed by atoms with Crippen molar-refractivity contribution in [3.05, 3.63) is 34.3 Å². The van der Waals surface area contributed by atoms with Gasteiger partial charge in [0.2, 0.25) is 5.91 Å². The molecule has 0 aromatic heterocycles. The van der Waals surface area contributed by atoms with Gasteiger partial charge >= 0.3 is 0 Å². The summed E-state index contributed by atoms with van der Waals surface area (Å²) in [6.45, 7) is 5.25. The first-order valence-electron chi connectivity index (χ1n) is 9.90. The molecule has 0 spiro atoms. The molecule has 6 heteroatoms. The average Bonchev–Trinajstić information content (AvgIpc) is 2.64. The molecule has 3 rings (SSSR count). The number of carbonyl (C=O) groups excluding carboxylic acids is 2. The molecule has 1 aliphatic carbocycles. The molecule has 1 heterocycles. The van der Waals surface area contributed by atoms with E-state index >= 15 is 0 Å². The fourth-order valence-corrected chi connectivity index (χ4v) is 4.34. The van der Waals surface area contributed by atoms with Crippen LogP contribution < -0.4 is 5.32 Å². The summed E-state index contributed by atoms with van der Waals surface area (Å²) in [6, 6.07) is 7.45. The van der Waals surface area contributed by atoms with Gasteiger partial charge in [-0.2, -0.15) is 0 Å². The first-order chi connectivity index (χ1) is 12.9. The topological polar surface area (TPSA) is 52.7 Å². The Bertz CT molecular complexity index is 682. The van der Waals surface area contributed by atoms with Crippen LogP contribution in [0.15, 0.2) is 28.7 Å². The van der Waals surface area contributed by atoms with Crippen LogP contribution in [0.4, 0.5) is 0 Å². The normalized spacial score (nSPS) is 20.0. The first-order valence-corrected chi connectivity index (χ1v) is 10.7. The first kappa shape index (κ1) is 20.3. The summed E-state index contributed by atoms with van der Waals surface area (Å²) in [5.41, 5.74) is 0.756. The van der Waals surface area contributed by atoms with Crippen molar-refractivity contribution in [3.8, 4) is 0 Å². The van der Waals surface area contributed by atoms with Gasteiger partial charge in [-0.1, -0.05) is 22.0 Å². The Kier molecular flexibility index (Phi) is 6.58. The zero-order valence-electron chi connectivity index (χ0n) is 16.3. The van der Waals surface area contributed by atoms with E-state index in [1.807, 2.05) is 36.2 Å². The molecular weight excluding hydrogens is 406 g/mol. The van der Waals surface area contributed by atoms with Crippen molar-refractivity contribution in [3.63, 3.8) is 0 Å². The lowest BCUT2D eigenvalue weighted by molar-refractivity contribution is -0.139. The van der Waals surface area contributed by atoms with Gasteiger partial charge in [0, 0.05) is 29.2 Å². The average molecular weight is 436 g/mol. The van der Waals surface area contributed by atoms with Gasteiger partial charge in [-0.05, 0) is 76.2 Å². The van der Waals surface area contributed by atoms with Gasteiger partial charge in [0.25, 0.3) is 5.91 Å². The maximum absolute atomic E-state index is 12.6. The quantitative estimate of drug-likeness (QED) is 0.745. The van der Waals surface area contributed by atoms with Crippen LogP contribution in [0.2, 0.25) is 0 Å². The van der Waals surface area contributed by atoms with Gasteiger partial charge in [0.1, 0.15) is 0 Å². The van der Waals surface area contributed by atoms with Crippen LogP contribution in [0.5, 0.6) is 0 Å². The number of likely N-dealkylation sites (N-methyl/N-ethyl adjacent to an activating group) is 1. The van der Waals surface area contributed by atoms with Crippen LogP contribution in [0.1, 0.15) is 49.4 Å². The maximum Gasteiger partial charge on any atom is 0.251 e. The van der Waals surface area contributed by atoms with Crippen LogP contribution in [0, 0.1) is 5.92 Å². The Morgan fingerprint density at radius 2 is 2.00 bits per heavy atom. The van der Waals surface area contributed by atoms with Gasteiger partial charge in [-0.25, -0.2) is 0 Å². The second-order valence-corrected chi connectivity index (χ2v) is 9.16. The molecule has 0 atom stereocenters. The van der Waals surface area contributed by atoms with Crippen molar-refractivity contribution < 1.29 is 9.59 Å². The number of piperidine rings is 1. The second-order valence-electron chi connectivity index (χ2n) is 8.24. The van der Waals surface area contributed by atoms with Crippen LogP contribution in [0.3, 0.4) is 0 Å². The number of likely N-dealkylation sites (tertiary alicyclic amines) is 1. The van der Waals surface area contributed by atoms with Crippen molar-refractivity contribution >= 4 is 27.7 Å². The summed E-state index contributed by atoms with van der Waals surface area (Å²) in [5.74, 6) is 0.692. The molecule has 0 unspecified atom stereocenters. The number of halogens is 1. The Labute approximate surface area is 170 Å². The second kappa shape index (κ2) is 8.74. The van der Waals surface area contributed by atoms with Gasteiger partial charge in [-0.3, -0.25) is 14.5 Å². The van der Waals surface area contributed by atoms with Crippen molar-refractivity contribution in [2.75, 3.05) is 33.2 Å². The van der Waals surface area contributed by atoms with Crippen molar-refractivity contribution in [2.45, 2.75) is 44.6 Å². The predicted octanol–water partition coefficient (Wildman–Crippen LogP) is 3.29. The van der Waals surface area contributed by atoms with E-state index in [4.69, 9.17) is 0 Å². The molecule has 148 valence electrons. The van der Waals surface area contributed by atoms with E-state index in [1.54, 1.807) is 0 Å². The van der Waals surface area contributed by atoms with E-state index < -0.39 is 0 Å². The molecule has 0 radical (unpaired) electrons. The monoisotopic (exact) mass is 435 g/mol. The third kappa shape index (κ3) is 5.11. The summed E-state index contributed by atoms with van der Waals surface area (Å²) in [5, 5.41) is 3.05. The maximum atomic E-state index is 12.6. The molecule has 2 amide bonds. The van der Waals surface area contributed by atoms with Crippen LogP contribution in [-0.4, -0.2) is 60.4 Å². The number of amides is 2. The highest BCUT2D eigenvalue weighted by atomic mass is 79.9. The number of hydrogen-bond acceptors (Lipinski definition) is 3. The van der Waals surface area contributed by atoms with Crippen molar-refractivity contribution in [1.82, 2.24) is 15.1 Å². The fourth-order valence-electron chi connectivity index (χ4n) is 3.94. The Balaban J connectivity index is 1.38. The molecule has 1 aromatic rings. The number of carbonyl (C=O) groups is 2. The lowest BCUT2D eigenvalue weighted by atomic mass is 9.77. The lowest BCUT2D eigenvalue weighted by Crippen LogP contribution is -2.55. The summed E-state index contributed by atoms with van der Waals surface area (Å²) >= 11 is 3.40. The minimum Gasteiger partial charge on any atom is -0.352 e. The van der Waals surface area contributed by atoms with E-state index in [2.05, 4.69) is 33.1 Å². The molecule has 5 nitrogen and oxygen atoms in total. The number of nitrogens with zero attached hydrogens (tertiary/aromatic N) is 2. The molecule has 1 aliphatic heterocycles. The Morgan fingerprint density at radius 3 is 2.59 bits per heavy atom. The molecule has 1 saturated carbocycles. The molecule has 1 N–H and O–H groups in total. The largest absolute Gasteiger partial charge is 0.352 e. The summed E-state index contributed by atoms with van der Waals surface area (Å²) in [7, 11) is 1.95. The zero-order chi connectivity index (χ0) is 19.4. The van der Waals surface area contributed by atoms with E-state index in [0.29, 0.717) is 24.6 Å². The minimum atomic E-state index is -0.0238. The molecule has 2 fully saturated rings. The third-order valence-electron chi connectivity index (χ3n) is 6.32. The number of benzene rings is 1. The van der Waals surface area contributed by atoms with E-state index in [1.165, 1.54) is 6.42 Å². The van der Waals surface area contributed by atoms with E-state index in [9.17, 15) is 9.59 Å². The predicted molar refractivity (Wildman–Crippen MR) is 111 cm³/mol. The number of nitrogens with one attached hydrogen (secondary N) is 1. The van der Waals surface area contributed by atoms with Crippen molar-refractivity contribution in [1.29, 1.82) is 0 Å². The van der Waals surface area contributed by atoms with Gasteiger partial charge < -0.3 is 10.2 Å². The lowest BCUT2D eigenvalue weighted by Gasteiger charge is -2.46. The minimum absolute atomic E-state index is 0.0238. The third-order valence-corrected chi connectivity index (χ3v) is 6.81. The molecular formula is C21H30BrN3O2. The summed E-state index contributed by atoms with van der Waals surface area (Å²) in [4.78, 5) is 29.0. The smallest absolute Gasteiger partial charge is 0.251 e. The molecule has 0 bridgehead atoms. The van der Waals surface area contributed by atoms with Gasteiger partial charge in [0.15, 0.2) is 0 Å². The van der Waals surface area contributed by atoms with Gasteiger partial charge in [0.05, 0.1) is 6.54 Å². The Hall–Kier alpha value is -1.40. The fraction of sp³-hybridized carbons (Fsp3) is 0.619. The van der Waals surface area contributed by atoms with E-state index in [0.717, 1.165) is 43.2 Å². The van der Waals surface area contributed by atoms with Crippen LogP contribution in [-0.2, 0) is 4.79 Å². The highest BCUT2D eigenvalue weighted by Crippen LogP contribution is 2.36. The van der Waals surface area contributed by atoms with E-state index in [-0.39, 0.29) is 17.4 Å². The zero-order valence-corrected chi connectivity index (χ0v) is 17.9. The van der Waals surface area contributed by atoms with Crippen LogP contribution >= 0.6 is 15.9 Å². The molecule has 2 aliphatic rings. The van der Waals surface area contributed by atoms with Crippen LogP contribution in [0.25, 0.3) is 0 Å². The number of rotatable bonds is 6. The highest BCUT2D eigenvalue weighted by Gasteiger charge is 2.38. The SMILES string of the molecule is CN(C(=O)CN1CCC(CNC(=O)c2cccc(Br)c2)CC1)C1(C)CCC1. The van der Waals surface area contributed by atoms with Crippen molar-refractivity contribution in [2.24, 2.45) is 5.92 Å². The summed E-state index contributed by atoms with van der Waals surface area (Å²) < 4.78 is 0.911. The Morgan fingerprint density at radius 1 is 1.30 bits per heavy atom. The molecule has 27 heavy (non-hydrogen) atoms. The van der Waals surface area contributed by atoms with Gasteiger partial charge in [-0.15, -0.1) is 0 Å². The molecule has 1 aromatic carbocycles. The standard InChI is InChI=1S/C21H30BrN3O2/c1-21(9-4-10-21)24(2)19(26)15-25-11-7-16(8-12-25)14-23-20(27)17-5-3-6-18(22)13-17/h3,5-6,13,16H,4,7-12,14-15H2,1-2H3,(H,23,27). The summed E-state index contributed by atoms with van der Waals surface area (Å²) in [6.07, 6.45) is 5.51. The molecule has 1 saturated heterocycles. The highest BCUT2D eigenvalue weighted by molar-refractivity contribution is 9.10.